The monoisotopic (exact) mass is 810 g/mol. The maximum atomic E-state index is 14.0. The largest absolute Gasteiger partial charge is 0.467 e. The normalized spacial score (nSPS) is 44.6. The molecule has 16 atom stereocenters. The molecule has 16 heteroatoms. The molecule has 5 fully saturated rings. The van der Waals surface area contributed by atoms with Crippen LogP contribution in [0.2, 0.25) is 0 Å². The molecule has 0 aromatic carbocycles. The van der Waals surface area contributed by atoms with Crippen LogP contribution in [0, 0.1) is 45.3 Å². The number of epoxide rings is 1. The molecule has 1 N–H and O–H groups in total. The highest BCUT2D eigenvalue weighted by atomic mass is 16.7. The second-order valence-electron chi connectivity index (χ2n) is 17.7. The molecule has 0 spiro atoms. The first-order chi connectivity index (χ1) is 26.5. The van der Waals surface area contributed by atoms with Gasteiger partial charge in [0.25, 0.3) is 0 Å². The summed E-state index contributed by atoms with van der Waals surface area (Å²) in [6.07, 6.45) is -6.72. The van der Waals surface area contributed by atoms with Crippen LogP contribution in [-0.2, 0) is 71.4 Å². The Morgan fingerprint density at radius 3 is 1.89 bits per heavy atom. The van der Waals surface area contributed by atoms with Crippen molar-refractivity contribution in [2.75, 3.05) is 34.0 Å². The van der Waals surface area contributed by atoms with E-state index in [9.17, 15) is 33.9 Å². The van der Waals surface area contributed by atoms with Crippen LogP contribution >= 0.6 is 0 Å². The van der Waals surface area contributed by atoms with Crippen molar-refractivity contribution in [1.29, 1.82) is 0 Å². The van der Waals surface area contributed by atoms with Crippen LogP contribution in [0.3, 0.4) is 0 Å². The molecule has 4 aliphatic carbocycles. The summed E-state index contributed by atoms with van der Waals surface area (Å²) in [5, 5.41) is 13.7. The van der Waals surface area contributed by atoms with Gasteiger partial charge in [0.05, 0.1) is 36.8 Å². The average Bonchev–Trinajstić information content (AvgIpc) is 3.87. The highest BCUT2D eigenvalue weighted by Crippen LogP contribution is 2.78. The molecule has 2 unspecified atom stereocenters. The van der Waals surface area contributed by atoms with Gasteiger partial charge in [0.1, 0.15) is 24.4 Å². The van der Waals surface area contributed by atoms with E-state index in [1.54, 1.807) is 13.8 Å². The lowest BCUT2D eigenvalue weighted by atomic mass is 9.31. The molecule has 322 valence electrons. The predicted octanol–water partition coefficient (Wildman–Crippen LogP) is 3.10. The summed E-state index contributed by atoms with van der Waals surface area (Å²) in [5.74, 6) is -7.27. The fourth-order valence-electron chi connectivity index (χ4n) is 13.1. The fraction of sp³-hybridized carbons (Fsp3) is 0.854. The third kappa shape index (κ3) is 6.28. The molecule has 0 aromatic rings. The summed E-state index contributed by atoms with van der Waals surface area (Å²) in [6, 6.07) is 0. The van der Waals surface area contributed by atoms with Crippen molar-refractivity contribution in [3.63, 3.8) is 0 Å². The Hall–Kier alpha value is -3.34. The molecular weight excluding hydrogens is 748 g/mol. The highest BCUT2D eigenvalue weighted by Gasteiger charge is 2.91. The number of esters is 6. The number of hydrogen-bond donors (Lipinski definition) is 1. The van der Waals surface area contributed by atoms with Gasteiger partial charge in [-0.25, -0.2) is 4.79 Å². The Morgan fingerprint density at radius 2 is 1.39 bits per heavy atom. The van der Waals surface area contributed by atoms with Gasteiger partial charge in [0, 0.05) is 65.6 Å². The molecule has 5 aliphatic rings. The molecule has 57 heavy (non-hydrogen) atoms. The van der Waals surface area contributed by atoms with E-state index < -0.39 is 129 Å². The number of fused-ring (bicyclic) bond motifs is 7. The molecule has 0 radical (unpaired) electrons. The molecule has 1 aliphatic heterocycles. The van der Waals surface area contributed by atoms with Crippen molar-refractivity contribution in [3.8, 4) is 0 Å². The third-order valence-electron chi connectivity index (χ3n) is 14.9. The Labute approximate surface area is 334 Å². The van der Waals surface area contributed by atoms with Crippen LogP contribution in [0.1, 0.15) is 95.4 Å². The zero-order chi connectivity index (χ0) is 42.8. The van der Waals surface area contributed by atoms with Crippen LogP contribution in [0.25, 0.3) is 0 Å². The lowest BCUT2D eigenvalue weighted by Gasteiger charge is -2.75. The van der Waals surface area contributed by atoms with Gasteiger partial charge in [-0.2, -0.15) is 0 Å². The van der Waals surface area contributed by atoms with Gasteiger partial charge < -0.3 is 47.7 Å². The van der Waals surface area contributed by atoms with Crippen LogP contribution in [0.15, 0.2) is 0 Å². The first kappa shape index (κ1) is 44.8. The zero-order valence-electron chi connectivity index (χ0n) is 35.6. The number of methoxy groups -OCH3 is 2. The minimum atomic E-state index is -1.88. The van der Waals surface area contributed by atoms with Crippen molar-refractivity contribution in [1.82, 2.24) is 0 Å². The van der Waals surface area contributed by atoms with Crippen molar-refractivity contribution in [2.24, 2.45) is 45.3 Å². The molecule has 5 rings (SSSR count). The lowest BCUT2D eigenvalue weighted by Crippen LogP contribution is -2.84. The van der Waals surface area contributed by atoms with E-state index in [-0.39, 0.29) is 32.7 Å². The summed E-state index contributed by atoms with van der Waals surface area (Å²) in [7, 11) is 2.67. The highest BCUT2D eigenvalue weighted by molar-refractivity contribution is 5.86. The second-order valence-corrected chi connectivity index (χ2v) is 17.7. The van der Waals surface area contributed by atoms with Gasteiger partial charge in [0.2, 0.25) is 5.60 Å². The van der Waals surface area contributed by atoms with Crippen molar-refractivity contribution in [2.45, 2.75) is 143 Å². The van der Waals surface area contributed by atoms with Gasteiger partial charge >= 0.3 is 35.8 Å². The third-order valence-corrected chi connectivity index (χ3v) is 14.9. The smallest absolute Gasteiger partial charge is 0.341 e. The number of ether oxygens (including phenoxy) is 9. The van der Waals surface area contributed by atoms with Crippen LogP contribution in [0.5, 0.6) is 0 Å². The summed E-state index contributed by atoms with van der Waals surface area (Å²) in [4.78, 5) is 80.2. The van der Waals surface area contributed by atoms with E-state index in [1.165, 1.54) is 48.8 Å². The van der Waals surface area contributed by atoms with E-state index in [0.717, 1.165) is 0 Å². The maximum Gasteiger partial charge on any atom is 0.341 e. The van der Waals surface area contributed by atoms with E-state index in [2.05, 4.69) is 0 Å². The quantitative estimate of drug-likeness (QED) is 0.171. The molecule has 0 bridgehead atoms. The summed E-state index contributed by atoms with van der Waals surface area (Å²) in [5.41, 5.74) is -9.35. The summed E-state index contributed by atoms with van der Waals surface area (Å²) >= 11 is 0. The SMILES string of the molecule is CCOC[C@H]1[C@]2(C)CC[C@@H]3[C@](C)([C@H](OC(C)=O)[C@H](OC(C)=O)[C@@]4(C)[C@]5(C(=O)OC)OC5[C@@H](C)C[C@@]34O)[C@H]2[C@H](OC(C)=O)[C@H](OC(C)=O)[C@]1(COC)C(C)OC(C)=O. The number of hydrogen-bond acceptors (Lipinski definition) is 16. The topological polar surface area (TPSA) is 209 Å². The van der Waals surface area contributed by atoms with E-state index in [0.29, 0.717) is 6.42 Å². The number of rotatable bonds is 12. The predicted molar refractivity (Wildman–Crippen MR) is 197 cm³/mol. The molecule has 0 amide bonds. The van der Waals surface area contributed by atoms with Gasteiger partial charge in [-0.1, -0.05) is 20.8 Å². The fourth-order valence-corrected chi connectivity index (χ4v) is 13.1. The van der Waals surface area contributed by atoms with Gasteiger partial charge in [-0.15, -0.1) is 0 Å². The van der Waals surface area contributed by atoms with Crippen LogP contribution in [0.4, 0.5) is 0 Å². The molecule has 0 aromatic heterocycles. The van der Waals surface area contributed by atoms with Gasteiger partial charge in [-0.3, -0.25) is 24.0 Å². The van der Waals surface area contributed by atoms with E-state index in [4.69, 9.17) is 42.6 Å². The molecule has 1 heterocycles. The maximum absolute atomic E-state index is 14.0. The van der Waals surface area contributed by atoms with Crippen LogP contribution in [-0.4, -0.2) is 123 Å². The standard InChI is InChI=1S/C41H62O16/c1-14-51-18-28-36(9)16-15-27-37(10,30(36)29(53-23(5)43)32(54-24(6)44)39(28,19-49-12)21(3)52-22(4)42)33(55-25(7)45)34(56-26(8)46)38(11)40(27,48)17-20(2)31-41(38,57-31)35(47)50-13/h20-21,27-34,48H,14-19H2,1-13H3/t20-,21?,27+,28-,29-,30-,31?,32-,33+,34-,36-,37-,38+,39+,40+,41-/m0/s1. The minimum absolute atomic E-state index is 0.0371. The molecule has 4 saturated carbocycles. The number of aliphatic hydroxyl groups is 1. The van der Waals surface area contributed by atoms with E-state index in [1.807, 2.05) is 27.7 Å². The van der Waals surface area contributed by atoms with Crippen LogP contribution < -0.4 is 0 Å². The Kier molecular flexibility index (Phi) is 12.1. The van der Waals surface area contributed by atoms with Crippen molar-refractivity contribution in [3.05, 3.63) is 0 Å². The van der Waals surface area contributed by atoms with E-state index >= 15 is 0 Å². The van der Waals surface area contributed by atoms with Gasteiger partial charge in [0.15, 0.2) is 12.2 Å². The first-order valence-corrected chi connectivity index (χ1v) is 19.9. The summed E-state index contributed by atoms with van der Waals surface area (Å²) in [6.45, 7) is 17.0. The Balaban J connectivity index is 1.93. The Bertz CT molecular complexity index is 1630. The van der Waals surface area contributed by atoms with Crippen molar-refractivity contribution >= 4 is 35.8 Å². The number of carbonyl (C=O) groups excluding carboxylic acids is 6. The molecule has 16 nitrogen and oxygen atoms in total. The second kappa shape index (κ2) is 15.4. The number of carbonyl (C=O) groups is 6. The van der Waals surface area contributed by atoms with Gasteiger partial charge in [-0.05, 0) is 57.3 Å². The van der Waals surface area contributed by atoms with Crippen molar-refractivity contribution < 1.29 is 76.5 Å². The average molecular weight is 811 g/mol. The Morgan fingerprint density at radius 1 is 0.825 bits per heavy atom. The minimum Gasteiger partial charge on any atom is -0.467 e. The summed E-state index contributed by atoms with van der Waals surface area (Å²) < 4.78 is 55.0. The molecule has 1 saturated heterocycles. The lowest BCUT2D eigenvalue weighted by molar-refractivity contribution is -0.366. The first-order valence-electron chi connectivity index (χ1n) is 19.9. The molecular formula is C41H62O16. The zero-order valence-corrected chi connectivity index (χ0v) is 35.6.